The number of aliphatic imine (C=N–C) groups is 1. The van der Waals surface area contributed by atoms with Gasteiger partial charge in [-0.2, -0.15) is 5.26 Å². The van der Waals surface area contributed by atoms with Crippen LogP contribution in [0.3, 0.4) is 0 Å². The second-order valence-corrected chi connectivity index (χ2v) is 6.84. The van der Waals surface area contributed by atoms with Crippen LogP contribution in [0, 0.1) is 11.3 Å². The summed E-state index contributed by atoms with van der Waals surface area (Å²) < 4.78 is 0. The average molecular weight is 314 g/mol. The third-order valence-electron chi connectivity index (χ3n) is 4.42. The predicted octanol–water partition coefficient (Wildman–Crippen LogP) is 3.99. The van der Waals surface area contributed by atoms with Gasteiger partial charge in [0.25, 0.3) is 0 Å². The minimum absolute atomic E-state index is 0.217. The lowest BCUT2D eigenvalue weighted by molar-refractivity contribution is 0.510. The highest BCUT2D eigenvalue weighted by atomic mass is 14.9. The van der Waals surface area contributed by atoms with Gasteiger partial charge in [0.2, 0.25) is 0 Å². The van der Waals surface area contributed by atoms with Crippen molar-refractivity contribution in [2.75, 3.05) is 0 Å². The first-order valence-electron chi connectivity index (χ1n) is 8.10. The third kappa shape index (κ3) is 2.39. The standard InChI is InChI=1S/C20H18N4/c1-20(2)11-13-7-3-4-8-14(13)18(24-20)15(12-21)19-22-16-9-5-6-10-17(16)23-19/h3-10,15H,11H2,1-2H3,(H,22,23). The smallest absolute Gasteiger partial charge is 0.146 e. The molecule has 4 rings (SSSR count). The van der Waals surface area contributed by atoms with Gasteiger partial charge in [-0.3, -0.25) is 4.99 Å². The zero-order chi connectivity index (χ0) is 16.7. The number of imidazole rings is 1. The summed E-state index contributed by atoms with van der Waals surface area (Å²) in [7, 11) is 0. The van der Waals surface area contributed by atoms with Crippen molar-refractivity contribution in [3.63, 3.8) is 0 Å². The maximum atomic E-state index is 9.86. The topological polar surface area (TPSA) is 64.8 Å². The van der Waals surface area contributed by atoms with E-state index in [-0.39, 0.29) is 5.54 Å². The van der Waals surface area contributed by atoms with Gasteiger partial charge in [0.1, 0.15) is 11.7 Å². The molecule has 0 saturated heterocycles. The Labute approximate surface area is 140 Å². The van der Waals surface area contributed by atoms with Crippen LogP contribution in [0.15, 0.2) is 53.5 Å². The van der Waals surface area contributed by atoms with Gasteiger partial charge in [-0.05, 0) is 38.0 Å². The maximum absolute atomic E-state index is 9.86. The minimum atomic E-state index is -0.502. The van der Waals surface area contributed by atoms with E-state index in [1.165, 1.54) is 5.56 Å². The number of nitrogens with one attached hydrogen (secondary N) is 1. The van der Waals surface area contributed by atoms with Gasteiger partial charge in [-0.25, -0.2) is 4.98 Å². The first-order valence-corrected chi connectivity index (χ1v) is 8.10. The summed E-state index contributed by atoms with van der Waals surface area (Å²) in [6, 6.07) is 18.5. The Morgan fingerprint density at radius 2 is 1.88 bits per heavy atom. The summed E-state index contributed by atoms with van der Waals surface area (Å²) in [6.07, 6.45) is 0.880. The molecule has 4 heteroatoms. The Balaban J connectivity index is 1.88. The molecule has 1 aliphatic heterocycles. The Kier molecular flexibility index (Phi) is 3.24. The molecule has 1 unspecified atom stereocenters. The number of hydrogen-bond donors (Lipinski definition) is 1. The zero-order valence-electron chi connectivity index (χ0n) is 13.7. The summed E-state index contributed by atoms with van der Waals surface area (Å²) in [6.45, 7) is 4.21. The molecule has 4 nitrogen and oxygen atoms in total. The Hall–Kier alpha value is -2.93. The van der Waals surface area contributed by atoms with Crippen LogP contribution in [0.1, 0.15) is 36.7 Å². The van der Waals surface area contributed by atoms with E-state index in [1.54, 1.807) is 0 Å². The van der Waals surface area contributed by atoms with Crippen LogP contribution in [-0.4, -0.2) is 21.2 Å². The first-order chi connectivity index (χ1) is 11.6. The van der Waals surface area contributed by atoms with Crippen LogP contribution in [0.4, 0.5) is 0 Å². The number of aromatic amines is 1. The van der Waals surface area contributed by atoms with E-state index >= 15 is 0 Å². The molecule has 2 aromatic carbocycles. The summed E-state index contributed by atoms with van der Waals surface area (Å²) in [5.74, 6) is 0.156. The largest absolute Gasteiger partial charge is 0.341 e. The van der Waals surface area contributed by atoms with E-state index in [1.807, 2.05) is 36.4 Å². The minimum Gasteiger partial charge on any atom is -0.341 e. The van der Waals surface area contributed by atoms with Crippen LogP contribution in [0.25, 0.3) is 11.0 Å². The van der Waals surface area contributed by atoms with Crippen molar-refractivity contribution in [1.82, 2.24) is 9.97 Å². The van der Waals surface area contributed by atoms with E-state index < -0.39 is 5.92 Å². The van der Waals surface area contributed by atoms with E-state index in [0.29, 0.717) is 5.82 Å². The number of hydrogen-bond acceptors (Lipinski definition) is 3. The summed E-state index contributed by atoms with van der Waals surface area (Å²) >= 11 is 0. The van der Waals surface area contributed by atoms with Crippen LogP contribution >= 0.6 is 0 Å². The number of para-hydroxylation sites is 2. The number of aromatic nitrogens is 2. The normalized spacial score (nSPS) is 17.0. The van der Waals surface area contributed by atoms with Crippen molar-refractivity contribution in [1.29, 1.82) is 5.26 Å². The third-order valence-corrected chi connectivity index (χ3v) is 4.42. The lowest BCUT2D eigenvalue weighted by Gasteiger charge is -2.30. The number of H-pyrrole nitrogens is 1. The molecule has 0 saturated carbocycles. The summed E-state index contributed by atoms with van der Waals surface area (Å²) in [4.78, 5) is 12.8. The number of nitrogens with zero attached hydrogens (tertiary/aromatic N) is 3. The lowest BCUT2D eigenvalue weighted by Crippen LogP contribution is -2.31. The Morgan fingerprint density at radius 1 is 1.12 bits per heavy atom. The van der Waals surface area contributed by atoms with Crippen molar-refractivity contribution >= 4 is 16.7 Å². The molecule has 24 heavy (non-hydrogen) atoms. The highest BCUT2D eigenvalue weighted by Crippen LogP contribution is 2.32. The molecule has 1 aromatic heterocycles. The van der Waals surface area contributed by atoms with Crippen molar-refractivity contribution in [3.05, 3.63) is 65.5 Å². The van der Waals surface area contributed by atoms with E-state index in [4.69, 9.17) is 4.99 Å². The maximum Gasteiger partial charge on any atom is 0.146 e. The van der Waals surface area contributed by atoms with E-state index in [2.05, 4.69) is 42.0 Å². The fourth-order valence-electron chi connectivity index (χ4n) is 3.40. The fourth-order valence-corrected chi connectivity index (χ4v) is 3.40. The summed E-state index contributed by atoms with van der Waals surface area (Å²) in [5, 5.41) is 9.86. The number of benzene rings is 2. The molecule has 0 aliphatic carbocycles. The van der Waals surface area contributed by atoms with E-state index in [9.17, 15) is 5.26 Å². The second kappa shape index (κ2) is 5.31. The molecule has 118 valence electrons. The van der Waals surface area contributed by atoms with Gasteiger partial charge in [-0.1, -0.05) is 36.4 Å². The van der Waals surface area contributed by atoms with Gasteiger partial charge in [0.15, 0.2) is 0 Å². The molecular formula is C20H18N4. The number of rotatable bonds is 2. The fraction of sp³-hybridized carbons (Fsp3) is 0.250. The molecule has 3 aromatic rings. The lowest BCUT2D eigenvalue weighted by atomic mass is 9.83. The molecule has 0 bridgehead atoms. The molecular weight excluding hydrogens is 296 g/mol. The van der Waals surface area contributed by atoms with Crippen LogP contribution in [0.2, 0.25) is 0 Å². The van der Waals surface area contributed by atoms with E-state index in [0.717, 1.165) is 28.7 Å². The Bertz CT molecular complexity index is 955. The zero-order valence-corrected chi connectivity index (χ0v) is 13.7. The van der Waals surface area contributed by atoms with Gasteiger partial charge in [-0.15, -0.1) is 0 Å². The van der Waals surface area contributed by atoms with Gasteiger partial charge in [0.05, 0.1) is 28.4 Å². The molecule has 0 amide bonds. The average Bonchev–Trinajstić information content (AvgIpc) is 2.98. The number of nitriles is 1. The van der Waals surface area contributed by atoms with Crippen LogP contribution in [-0.2, 0) is 6.42 Å². The Morgan fingerprint density at radius 3 is 2.67 bits per heavy atom. The highest BCUT2D eigenvalue weighted by Gasteiger charge is 2.32. The predicted molar refractivity (Wildman–Crippen MR) is 95.2 cm³/mol. The van der Waals surface area contributed by atoms with Crippen molar-refractivity contribution in [2.45, 2.75) is 31.7 Å². The quantitative estimate of drug-likeness (QED) is 0.777. The highest BCUT2D eigenvalue weighted by molar-refractivity contribution is 6.08. The molecule has 0 radical (unpaired) electrons. The molecule has 0 spiro atoms. The van der Waals surface area contributed by atoms with Crippen molar-refractivity contribution < 1.29 is 0 Å². The summed E-state index contributed by atoms with van der Waals surface area (Å²) in [5.41, 5.74) is 4.70. The van der Waals surface area contributed by atoms with Crippen molar-refractivity contribution in [3.8, 4) is 6.07 Å². The second-order valence-electron chi connectivity index (χ2n) is 6.84. The van der Waals surface area contributed by atoms with Crippen LogP contribution < -0.4 is 0 Å². The van der Waals surface area contributed by atoms with Crippen LogP contribution in [0.5, 0.6) is 0 Å². The van der Waals surface area contributed by atoms with Gasteiger partial charge < -0.3 is 4.98 Å². The van der Waals surface area contributed by atoms with Gasteiger partial charge >= 0.3 is 0 Å². The van der Waals surface area contributed by atoms with Gasteiger partial charge in [0, 0.05) is 5.56 Å². The first kappa shape index (κ1) is 14.6. The molecule has 1 aliphatic rings. The SMILES string of the molecule is CC1(C)Cc2ccccc2C(C(C#N)c2nc3ccccc3[nH]2)=N1. The van der Waals surface area contributed by atoms with Crippen molar-refractivity contribution in [2.24, 2.45) is 4.99 Å². The number of fused-ring (bicyclic) bond motifs is 2. The monoisotopic (exact) mass is 314 g/mol. The molecule has 0 fully saturated rings. The molecule has 2 heterocycles. The molecule has 1 N–H and O–H groups in total. The molecule has 1 atom stereocenters.